The quantitative estimate of drug-likeness (QED) is 0.285. The molecule has 0 aliphatic rings. The normalized spacial score (nSPS) is 13.5. The first-order chi connectivity index (χ1) is 14.2. The molecule has 0 aliphatic heterocycles. The van der Waals surface area contributed by atoms with Gasteiger partial charge < -0.3 is 14.9 Å². The summed E-state index contributed by atoms with van der Waals surface area (Å²) in [5.41, 5.74) is 0.657. The van der Waals surface area contributed by atoms with Crippen molar-refractivity contribution in [2.75, 3.05) is 21.3 Å². The lowest BCUT2D eigenvalue weighted by Crippen LogP contribution is -2.28. The summed E-state index contributed by atoms with van der Waals surface area (Å²) in [6.07, 6.45) is 7.77. The first kappa shape index (κ1) is 25.7. The molecule has 1 amide bonds. The molecule has 1 rings (SSSR count). The smallest absolute Gasteiger partial charge is 0.246 e. The van der Waals surface area contributed by atoms with Crippen LogP contribution in [0.1, 0.15) is 55.5 Å². The first-order valence-electron chi connectivity index (χ1n) is 10.2. The predicted molar refractivity (Wildman–Crippen MR) is 115 cm³/mol. The lowest BCUT2D eigenvalue weighted by atomic mass is 9.89. The topological polar surface area (TPSA) is 96.3 Å². The highest BCUT2D eigenvalue weighted by molar-refractivity contribution is 5.82. The number of nitrogens with zero attached hydrogens (tertiary/aromatic N) is 1. The number of carbonyl (C=O) groups excluding carboxylic acids is 2. The number of hydrogen-bond acceptors (Lipinski definition) is 6. The summed E-state index contributed by atoms with van der Waals surface area (Å²) < 4.78 is 5.46. The molecule has 0 spiro atoms. The molecule has 2 atom stereocenters. The van der Waals surface area contributed by atoms with Gasteiger partial charge >= 0.3 is 0 Å². The highest BCUT2D eigenvalue weighted by atomic mass is 16.7. The lowest BCUT2D eigenvalue weighted by molar-refractivity contribution is -0.169. The maximum Gasteiger partial charge on any atom is 0.246 e. The molecule has 0 aliphatic carbocycles. The molecule has 2 N–H and O–H groups in total. The van der Waals surface area contributed by atoms with E-state index in [0.717, 1.165) is 18.9 Å². The zero-order chi connectivity index (χ0) is 22.7. The van der Waals surface area contributed by atoms with Crippen LogP contribution in [0.5, 0.6) is 11.5 Å². The number of rotatable bonds is 13. The molecule has 7 heteroatoms. The van der Waals surface area contributed by atoms with Crippen LogP contribution in [-0.2, 0) is 20.8 Å². The van der Waals surface area contributed by atoms with Gasteiger partial charge in [-0.1, -0.05) is 26.0 Å². The molecule has 168 valence electrons. The van der Waals surface area contributed by atoms with Crippen molar-refractivity contribution in [1.82, 2.24) is 5.06 Å². The first-order valence-corrected chi connectivity index (χ1v) is 10.2. The van der Waals surface area contributed by atoms with Gasteiger partial charge in [0.05, 0.1) is 18.8 Å². The Morgan fingerprint density at radius 1 is 1.20 bits per heavy atom. The van der Waals surface area contributed by atoms with Gasteiger partial charge in [-0.3, -0.25) is 14.4 Å². The van der Waals surface area contributed by atoms with E-state index >= 15 is 0 Å². The zero-order valence-electron chi connectivity index (χ0n) is 18.6. The van der Waals surface area contributed by atoms with E-state index < -0.39 is 0 Å². The van der Waals surface area contributed by atoms with Crippen molar-refractivity contribution >= 4 is 12.2 Å². The fourth-order valence-corrected chi connectivity index (χ4v) is 3.37. The van der Waals surface area contributed by atoms with Gasteiger partial charge in [-0.25, -0.2) is 5.06 Å². The number of carbonyl (C=O) groups is 2. The van der Waals surface area contributed by atoms with E-state index in [-0.39, 0.29) is 41.4 Å². The minimum atomic E-state index is -0.265. The number of phenols is 2. The summed E-state index contributed by atoms with van der Waals surface area (Å²) in [5.74, 6) is -0.231. The number of hydroxylamine groups is 2. The van der Waals surface area contributed by atoms with Crippen molar-refractivity contribution < 1.29 is 29.4 Å². The van der Waals surface area contributed by atoms with E-state index in [4.69, 9.17) is 9.57 Å². The fourth-order valence-electron chi connectivity index (χ4n) is 3.37. The molecule has 7 nitrogen and oxygen atoms in total. The number of amides is 1. The highest BCUT2D eigenvalue weighted by Crippen LogP contribution is 2.29. The molecular formula is C23H35NO6. The number of benzene rings is 1. The van der Waals surface area contributed by atoms with Gasteiger partial charge in [-0.15, -0.1) is 0 Å². The number of aldehydes is 1. The van der Waals surface area contributed by atoms with Crippen LogP contribution in [0, 0.1) is 11.8 Å². The molecule has 1 unspecified atom stereocenters. The van der Waals surface area contributed by atoms with Gasteiger partial charge in [0, 0.05) is 26.6 Å². The second kappa shape index (κ2) is 13.0. The molecular weight excluding hydrogens is 386 g/mol. The third-order valence-corrected chi connectivity index (χ3v) is 5.27. The Morgan fingerprint density at radius 2 is 1.90 bits per heavy atom. The number of hydrogen-bond donors (Lipinski definition) is 2. The monoisotopic (exact) mass is 421 g/mol. The van der Waals surface area contributed by atoms with Crippen LogP contribution >= 0.6 is 0 Å². The lowest BCUT2D eigenvalue weighted by Gasteiger charge is -2.21. The van der Waals surface area contributed by atoms with E-state index in [0.29, 0.717) is 30.6 Å². The summed E-state index contributed by atoms with van der Waals surface area (Å²) in [5, 5.41) is 20.9. The molecule has 0 heterocycles. The molecule has 0 saturated heterocycles. The third-order valence-electron chi connectivity index (χ3n) is 5.27. The van der Waals surface area contributed by atoms with E-state index in [1.54, 1.807) is 14.2 Å². The van der Waals surface area contributed by atoms with Crippen LogP contribution in [-0.4, -0.2) is 54.8 Å². The Labute approximate surface area is 179 Å². The van der Waals surface area contributed by atoms with Crippen LogP contribution in [0.25, 0.3) is 0 Å². The van der Waals surface area contributed by atoms with Gasteiger partial charge in [-0.2, -0.15) is 0 Å². The maximum atomic E-state index is 12.4. The summed E-state index contributed by atoms with van der Waals surface area (Å²) in [4.78, 5) is 28.7. The third kappa shape index (κ3) is 8.16. The minimum absolute atomic E-state index is 0.0945. The van der Waals surface area contributed by atoms with E-state index in [1.165, 1.54) is 18.2 Å². The summed E-state index contributed by atoms with van der Waals surface area (Å²) >= 11 is 0. The van der Waals surface area contributed by atoms with Gasteiger partial charge in [-0.05, 0) is 49.1 Å². The average Bonchev–Trinajstić information content (AvgIpc) is 2.69. The Bertz CT molecular complexity index is 716. The molecule has 1 aromatic carbocycles. The number of methoxy groups -OCH3 is 1. The number of phenolic OH excluding ortho intramolecular Hbond substituents is 2. The summed E-state index contributed by atoms with van der Waals surface area (Å²) in [6, 6.07) is 2.60. The van der Waals surface area contributed by atoms with Crippen molar-refractivity contribution in [1.29, 1.82) is 0 Å². The molecule has 0 fully saturated rings. The fraction of sp³-hybridized carbons (Fsp3) is 0.565. The molecule has 0 radical (unpaired) electrons. The van der Waals surface area contributed by atoms with Crippen LogP contribution in [0.15, 0.2) is 24.3 Å². The van der Waals surface area contributed by atoms with Crippen LogP contribution in [0.4, 0.5) is 0 Å². The van der Waals surface area contributed by atoms with Gasteiger partial charge in [0.1, 0.15) is 11.5 Å². The van der Waals surface area contributed by atoms with E-state index in [1.807, 2.05) is 0 Å². The number of ether oxygens (including phenoxy) is 1. The Morgan fingerprint density at radius 3 is 2.47 bits per heavy atom. The molecule has 0 bridgehead atoms. The molecule has 30 heavy (non-hydrogen) atoms. The van der Waals surface area contributed by atoms with Crippen molar-refractivity contribution in [3.63, 3.8) is 0 Å². The zero-order valence-corrected chi connectivity index (χ0v) is 18.6. The SMILES string of the molecule is CO[C@@H](C/C=C/CCC(CC(=O)N(C)OC)Cc1cc(O)cc(O)c1C=O)C(C)C. The Hall–Kier alpha value is -2.38. The number of aromatic hydroxyl groups is 2. The second-order valence-electron chi connectivity index (χ2n) is 7.81. The van der Waals surface area contributed by atoms with Crippen molar-refractivity contribution in [3.8, 4) is 11.5 Å². The summed E-state index contributed by atoms with van der Waals surface area (Å²) in [7, 11) is 4.68. The Balaban J connectivity index is 2.88. The van der Waals surface area contributed by atoms with Crippen molar-refractivity contribution in [2.24, 2.45) is 11.8 Å². The standard InChI is InChI=1S/C23H35NO6/c1-16(2)22(29-4)10-8-6-7-9-17(12-23(28)24(3)30-5)11-18-13-19(26)14-21(27)20(18)15-25/h6,8,13-17,22,26-27H,7,9-12H2,1-5H3/b8-6+/t17?,22-/m0/s1. The largest absolute Gasteiger partial charge is 0.508 e. The Kier molecular flexibility index (Phi) is 11.1. The summed E-state index contributed by atoms with van der Waals surface area (Å²) in [6.45, 7) is 4.23. The van der Waals surface area contributed by atoms with Crippen LogP contribution < -0.4 is 0 Å². The van der Waals surface area contributed by atoms with E-state index in [9.17, 15) is 19.8 Å². The second-order valence-corrected chi connectivity index (χ2v) is 7.81. The molecule has 0 saturated carbocycles. The van der Waals surface area contributed by atoms with Gasteiger partial charge in [0.25, 0.3) is 0 Å². The van der Waals surface area contributed by atoms with Gasteiger partial charge in [0.15, 0.2) is 6.29 Å². The number of allylic oxidation sites excluding steroid dienone is 1. The van der Waals surface area contributed by atoms with Crippen molar-refractivity contribution in [3.05, 3.63) is 35.4 Å². The average molecular weight is 422 g/mol. The predicted octanol–water partition coefficient (Wildman–Crippen LogP) is 3.88. The highest BCUT2D eigenvalue weighted by Gasteiger charge is 2.20. The maximum absolute atomic E-state index is 12.4. The van der Waals surface area contributed by atoms with Crippen LogP contribution in [0.3, 0.4) is 0 Å². The van der Waals surface area contributed by atoms with Crippen molar-refractivity contribution in [2.45, 2.75) is 52.1 Å². The minimum Gasteiger partial charge on any atom is -0.508 e. The van der Waals surface area contributed by atoms with E-state index in [2.05, 4.69) is 26.0 Å². The van der Waals surface area contributed by atoms with Crippen LogP contribution in [0.2, 0.25) is 0 Å². The molecule has 0 aromatic heterocycles. The van der Waals surface area contributed by atoms with Gasteiger partial charge in [0.2, 0.25) is 5.91 Å². The molecule has 1 aromatic rings.